The van der Waals surface area contributed by atoms with Gasteiger partial charge in [0, 0.05) is 6.20 Å². The minimum Gasteiger partial charge on any atom is -0.476 e. The Bertz CT molecular complexity index is 945. The second-order valence-electron chi connectivity index (χ2n) is 6.51. The number of nitrogens with zero attached hydrogens (tertiary/aromatic N) is 2. The molecule has 1 aliphatic rings. The average Bonchev–Trinajstić information content (AvgIpc) is 3.17. The fourth-order valence-corrected chi connectivity index (χ4v) is 3.34. The number of hydrogen-bond acceptors (Lipinski definition) is 3. The van der Waals surface area contributed by atoms with Gasteiger partial charge in [-0.2, -0.15) is 5.26 Å². The Kier molecular flexibility index (Phi) is 4.56. The molecule has 0 spiro atoms. The smallest absolute Gasteiger partial charge is 0.220 e. The van der Waals surface area contributed by atoms with Gasteiger partial charge in [-0.25, -0.2) is 0 Å². The van der Waals surface area contributed by atoms with E-state index in [9.17, 15) is 10.1 Å². The van der Waals surface area contributed by atoms with Crippen molar-refractivity contribution in [2.24, 2.45) is 0 Å². The van der Waals surface area contributed by atoms with Gasteiger partial charge in [0.15, 0.2) is 11.4 Å². The molecule has 132 valence electrons. The third-order valence-corrected chi connectivity index (χ3v) is 5.01. The highest BCUT2D eigenvalue weighted by Crippen LogP contribution is 2.41. The minimum absolute atomic E-state index is 0.0808. The summed E-state index contributed by atoms with van der Waals surface area (Å²) in [5.41, 5.74) is 2.95. The normalized spacial score (nSPS) is 19.4. The third-order valence-electron chi connectivity index (χ3n) is 5.01. The molecule has 1 aromatic heterocycles. The average molecular weight is 346 g/mol. The lowest BCUT2D eigenvalue weighted by Crippen LogP contribution is -2.32. The van der Waals surface area contributed by atoms with Crippen molar-refractivity contribution in [3.05, 3.63) is 59.8 Å². The molecule has 0 fully saturated rings. The van der Waals surface area contributed by atoms with Crippen LogP contribution in [-0.2, 0) is 16.0 Å². The summed E-state index contributed by atoms with van der Waals surface area (Å²) in [5, 5.41) is 9.57. The van der Waals surface area contributed by atoms with Crippen LogP contribution in [-0.4, -0.2) is 16.0 Å². The molecule has 0 saturated carbocycles. The van der Waals surface area contributed by atoms with Crippen LogP contribution in [0.25, 0.3) is 23.2 Å². The molecule has 4 heteroatoms. The fourth-order valence-electron chi connectivity index (χ4n) is 3.34. The molecule has 0 radical (unpaired) electrons. The van der Waals surface area contributed by atoms with Crippen LogP contribution in [0.5, 0.6) is 0 Å². The Morgan fingerprint density at radius 1 is 1.31 bits per heavy atom. The van der Waals surface area contributed by atoms with Gasteiger partial charge in [0.1, 0.15) is 11.6 Å². The highest BCUT2D eigenvalue weighted by Gasteiger charge is 2.45. The Hall–Kier alpha value is -3.06. The van der Waals surface area contributed by atoms with E-state index in [4.69, 9.17) is 4.74 Å². The van der Waals surface area contributed by atoms with E-state index in [-0.39, 0.29) is 11.4 Å². The Morgan fingerprint density at radius 3 is 2.54 bits per heavy atom. The van der Waals surface area contributed by atoms with E-state index in [2.05, 4.69) is 13.5 Å². The number of aryl methyl sites for hydroxylation is 1. The van der Waals surface area contributed by atoms with Crippen molar-refractivity contribution in [2.75, 3.05) is 0 Å². The maximum atomic E-state index is 12.7. The lowest BCUT2D eigenvalue weighted by atomic mass is 9.95. The maximum absolute atomic E-state index is 12.7. The number of hydrogen-bond donors (Lipinski definition) is 0. The summed E-state index contributed by atoms with van der Waals surface area (Å²) < 4.78 is 7.94. The van der Waals surface area contributed by atoms with Crippen LogP contribution < -0.4 is 0 Å². The van der Waals surface area contributed by atoms with Crippen molar-refractivity contribution in [3.8, 4) is 17.3 Å². The Morgan fingerprint density at radius 2 is 2.00 bits per heavy atom. The summed E-state index contributed by atoms with van der Waals surface area (Å²) in [6.45, 7) is 9.64. The van der Waals surface area contributed by atoms with Crippen LogP contribution in [0, 0.1) is 11.3 Å². The zero-order chi connectivity index (χ0) is 18.9. The first-order valence-corrected chi connectivity index (χ1v) is 8.81. The van der Waals surface area contributed by atoms with Crippen LogP contribution in [0.15, 0.2) is 48.6 Å². The number of rotatable bonds is 5. The van der Waals surface area contributed by atoms with Crippen molar-refractivity contribution >= 4 is 17.7 Å². The van der Waals surface area contributed by atoms with Gasteiger partial charge in [-0.05, 0) is 37.0 Å². The molecule has 1 atom stereocenters. The lowest BCUT2D eigenvalue weighted by molar-refractivity contribution is -0.127. The molecule has 1 aliphatic heterocycles. The van der Waals surface area contributed by atoms with E-state index in [0.717, 1.165) is 23.2 Å². The van der Waals surface area contributed by atoms with E-state index in [1.165, 1.54) is 0 Å². The molecule has 2 heterocycles. The third kappa shape index (κ3) is 2.57. The summed E-state index contributed by atoms with van der Waals surface area (Å²) in [6, 6.07) is 14.1. The van der Waals surface area contributed by atoms with Crippen molar-refractivity contribution in [1.29, 1.82) is 5.26 Å². The first kappa shape index (κ1) is 17.8. The summed E-state index contributed by atoms with van der Waals surface area (Å²) >= 11 is 0. The number of benzene rings is 1. The standard InChI is InChI=1S/C22H22N2O2/c1-5-15-13-18(20-17(14-23)21(25)22(4,6-2)26-20)24(7-3)19(15)16-11-9-8-10-12-16/h7-13H,3,5-6H2,1-2,4H3. The van der Waals surface area contributed by atoms with Crippen molar-refractivity contribution in [3.63, 3.8) is 0 Å². The molecule has 1 unspecified atom stereocenters. The molecule has 0 N–H and O–H groups in total. The molecular weight excluding hydrogens is 324 g/mol. The summed E-state index contributed by atoms with van der Waals surface area (Å²) in [5.74, 6) is 0.0900. The molecule has 0 aliphatic carbocycles. The number of carbonyl (C=O) groups is 1. The Balaban J connectivity index is 2.26. The Labute approximate surface area is 154 Å². The van der Waals surface area contributed by atoms with Crippen molar-refractivity contribution in [2.45, 2.75) is 39.2 Å². The van der Waals surface area contributed by atoms with Crippen LogP contribution in [0.4, 0.5) is 0 Å². The van der Waals surface area contributed by atoms with Gasteiger partial charge in [0.05, 0.1) is 11.4 Å². The number of ether oxygens (including phenoxy) is 1. The topological polar surface area (TPSA) is 55.0 Å². The number of nitriles is 1. The number of ketones is 1. The van der Waals surface area contributed by atoms with Crippen LogP contribution in [0.2, 0.25) is 0 Å². The molecule has 0 amide bonds. The zero-order valence-corrected chi connectivity index (χ0v) is 15.4. The van der Waals surface area contributed by atoms with Gasteiger partial charge in [-0.1, -0.05) is 50.8 Å². The number of aromatic nitrogens is 1. The molecule has 4 nitrogen and oxygen atoms in total. The molecule has 26 heavy (non-hydrogen) atoms. The summed E-state index contributed by atoms with van der Waals surface area (Å²) in [6.07, 6.45) is 3.02. The van der Waals surface area contributed by atoms with E-state index in [1.54, 1.807) is 13.1 Å². The van der Waals surface area contributed by atoms with Gasteiger partial charge < -0.3 is 9.30 Å². The van der Waals surface area contributed by atoms with E-state index >= 15 is 0 Å². The monoisotopic (exact) mass is 346 g/mol. The zero-order valence-electron chi connectivity index (χ0n) is 15.4. The predicted octanol–water partition coefficient (Wildman–Crippen LogP) is 4.82. The lowest BCUT2D eigenvalue weighted by Gasteiger charge is -2.21. The largest absolute Gasteiger partial charge is 0.476 e. The second kappa shape index (κ2) is 6.68. The van der Waals surface area contributed by atoms with E-state index < -0.39 is 5.60 Å². The fraction of sp³-hybridized carbons (Fsp3) is 0.273. The van der Waals surface area contributed by atoms with Gasteiger partial charge >= 0.3 is 0 Å². The summed E-state index contributed by atoms with van der Waals surface area (Å²) in [4.78, 5) is 12.7. The molecular formula is C22H22N2O2. The first-order chi connectivity index (χ1) is 12.5. The number of Topliss-reactive ketones (excluding diaryl/α,β-unsaturated/α-hetero) is 1. The minimum atomic E-state index is -0.990. The van der Waals surface area contributed by atoms with Crippen LogP contribution in [0.1, 0.15) is 38.4 Å². The molecule has 0 bridgehead atoms. The van der Waals surface area contributed by atoms with Gasteiger partial charge in [-0.3, -0.25) is 4.79 Å². The molecule has 3 rings (SSSR count). The quantitative estimate of drug-likeness (QED) is 0.780. The molecule has 0 saturated heterocycles. The van der Waals surface area contributed by atoms with E-state index in [0.29, 0.717) is 17.9 Å². The van der Waals surface area contributed by atoms with Gasteiger partial charge in [0.2, 0.25) is 5.78 Å². The summed E-state index contributed by atoms with van der Waals surface area (Å²) in [7, 11) is 0. The first-order valence-electron chi connectivity index (χ1n) is 8.81. The van der Waals surface area contributed by atoms with E-state index in [1.807, 2.05) is 54.0 Å². The molecule has 2 aromatic rings. The van der Waals surface area contributed by atoms with Crippen LogP contribution in [0.3, 0.4) is 0 Å². The van der Waals surface area contributed by atoms with Gasteiger partial charge in [0.25, 0.3) is 0 Å². The van der Waals surface area contributed by atoms with Crippen molar-refractivity contribution < 1.29 is 9.53 Å². The second-order valence-corrected chi connectivity index (χ2v) is 6.51. The van der Waals surface area contributed by atoms with Crippen LogP contribution >= 0.6 is 0 Å². The predicted molar refractivity (Wildman–Crippen MR) is 103 cm³/mol. The highest BCUT2D eigenvalue weighted by molar-refractivity contribution is 6.13. The number of carbonyl (C=O) groups excluding carboxylic acids is 1. The van der Waals surface area contributed by atoms with Crippen molar-refractivity contribution in [1.82, 2.24) is 4.57 Å². The SMILES string of the molecule is C=Cn1c(C2=C(C#N)C(=O)C(C)(CC)O2)cc(CC)c1-c1ccccc1. The molecule has 1 aromatic carbocycles. The van der Waals surface area contributed by atoms with Gasteiger partial charge in [-0.15, -0.1) is 0 Å². The highest BCUT2D eigenvalue weighted by atomic mass is 16.5. The maximum Gasteiger partial charge on any atom is 0.220 e.